The van der Waals surface area contributed by atoms with E-state index in [1.165, 1.54) is 13.0 Å². The molecule has 1 unspecified atom stereocenters. The van der Waals surface area contributed by atoms with E-state index in [0.29, 0.717) is 17.9 Å². The summed E-state index contributed by atoms with van der Waals surface area (Å²) in [6.45, 7) is 2.79. The summed E-state index contributed by atoms with van der Waals surface area (Å²) in [6.07, 6.45) is 0.907. The molecule has 0 bridgehead atoms. The van der Waals surface area contributed by atoms with E-state index in [4.69, 9.17) is 4.74 Å². The van der Waals surface area contributed by atoms with Gasteiger partial charge in [0.15, 0.2) is 5.78 Å². The Morgan fingerprint density at radius 3 is 2.82 bits per heavy atom. The van der Waals surface area contributed by atoms with Crippen molar-refractivity contribution in [2.45, 2.75) is 19.4 Å². The van der Waals surface area contributed by atoms with Crippen molar-refractivity contribution in [3.8, 4) is 0 Å². The molecule has 3 nitrogen and oxygen atoms in total. The first-order chi connectivity index (χ1) is 8.09. The van der Waals surface area contributed by atoms with Crippen molar-refractivity contribution in [2.75, 3.05) is 25.2 Å². The van der Waals surface area contributed by atoms with Gasteiger partial charge in [0.05, 0.1) is 18.3 Å². The van der Waals surface area contributed by atoms with Crippen molar-refractivity contribution in [1.82, 2.24) is 0 Å². The lowest BCUT2D eigenvalue weighted by atomic mass is 10.1. The minimum atomic E-state index is -0.355. The Balaban J connectivity index is 2.23. The van der Waals surface area contributed by atoms with Crippen molar-refractivity contribution in [1.29, 1.82) is 0 Å². The van der Waals surface area contributed by atoms with Gasteiger partial charge in [-0.15, -0.1) is 0 Å². The normalized spacial score (nSPS) is 19.4. The molecule has 1 aliphatic rings. The Morgan fingerprint density at radius 2 is 2.29 bits per heavy atom. The van der Waals surface area contributed by atoms with Gasteiger partial charge >= 0.3 is 0 Å². The fourth-order valence-electron chi connectivity index (χ4n) is 2.04. The second-order valence-electron chi connectivity index (χ2n) is 4.35. The van der Waals surface area contributed by atoms with E-state index in [1.807, 2.05) is 11.9 Å². The highest BCUT2D eigenvalue weighted by atomic mass is 19.1. The Morgan fingerprint density at radius 1 is 1.53 bits per heavy atom. The smallest absolute Gasteiger partial charge is 0.159 e. The number of hydrogen-bond acceptors (Lipinski definition) is 3. The van der Waals surface area contributed by atoms with Crippen LogP contribution in [-0.4, -0.2) is 32.1 Å². The van der Waals surface area contributed by atoms with Gasteiger partial charge in [-0.2, -0.15) is 0 Å². The van der Waals surface area contributed by atoms with E-state index in [9.17, 15) is 9.18 Å². The summed E-state index contributed by atoms with van der Waals surface area (Å²) in [6, 6.07) is 4.83. The van der Waals surface area contributed by atoms with E-state index >= 15 is 0 Å². The molecule has 0 N–H and O–H groups in total. The number of Topliss-reactive ketones (excluding diaryl/α,β-unsaturated/α-hetero) is 1. The van der Waals surface area contributed by atoms with Crippen molar-refractivity contribution >= 4 is 11.5 Å². The van der Waals surface area contributed by atoms with Gasteiger partial charge < -0.3 is 9.64 Å². The molecule has 92 valence electrons. The Bertz CT molecular complexity index is 427. The number of nitrogens with zero attached hydrogens (tertiary/aromatic N) is 1. The van der Waals surface area contributed by atoms with Crippen molar-refractivity contribution < 1.29 is 13.9 Å². The number of anilines is 1. The number of benzene rings is 1. The molecule has 0 aliphatic carbocycles. The van der Waals surface area contributed by atoms with E-state index in [2.05, 4.69) is 0 Å². The molecule has 0 radical (unpaired) electrons. The van der Waals surface area contributed by atoms with Crippen molar-refractivity contribution in [2.24, 2.45) is 0 Å². The highest BCUT2D eigenvalue weighted by molar-refractivity contribution is 5.94. The number of halogens is 1. The topological polar surface area (TPSA) is 29.5 Å². The quantitative estimate of drug-likeness (QED) is 0.755. The first kappa shape index (κ1) is 12.0. The average molecular weight is 237 g/mol. The van der Waals surface area contributed by atoms with Crippen LogP contribution in [0.1, 0.15) is 23.7 Å². The van der Waals surface area contributed by atoms with Gasteiger partial charge in [-0.25, -0.2) is 4.39 Å². The number of carbonyl (C=O) groups excluding carboxylic acids is 1. The second kappa shape index (κ2) is 4.84. The highest BCUT2D eigenvalue weighted by Crippen LogP contribution is 2.24. The number of carbonyl (C=O) groups is 1. The van der Waals surface area contributed by atoms with Crippen LogP contribution in [-0.2, 0) is 4.74 Å². The number of hydrogen-bond donors (Lipinski definition) is 0. The monoisotopic (exact) mass is 237 g/mol. The number of rotatable bonds is 3. The summed E-state index contributed by atoms with van der Waals surface area (Å²) in [5.41, 5.74) is 0.924. The molecule has 1 atom stereocenters. The summed E-state index contributed by atoms with van der Waals surface area (Å²) >= 11 is 0. The average Bonchev–Trinajstić information content (AvgIpc) is 2.81. The first-order valence-electron chi connectivity index (χ1n) is 5.70. The third-order valence-electron chi connectivity index (χ3n) is 3.19. The largest absolute Gasteiger partial charge is 0.379 e. The maximum Gasteiger partial charge on any atom is 0.159 e. The van der Waals surface area contributed by atoms with Crippen LogP contribution in [0.25, 0.3) is 0 Å². The minimum absolute atomic E-state index is 0.123. The summed E-state index contributed by atoms with van der Waals surface area (Å²) in [7, 11) is 1.85. The van der Waals surface area contributed by atoms with Crippen LogP contribution < -0.4 is 4.90 Å². The third kappa shape index (κ3) is 2.47. The molecular formula is C13H16FNO2. The highest BCUT2D eigenvalue weighted by Gasteiger charge is 2.22. The summed E-state index contributed by atoms with van der Waals surface area (Å²) in [5, 5.41) is 0. The lowest BCUT2D eigenvalue weighted by molar-refractivity contribution is 0.101. The molecule has 0 amide bonds. The SMILES string of the molecule is CC(=O)c1ccc(N(C)C2CCOC2)c(F)c1. The molecule has 1 heterocycles. The fourth-order valence-corrected chi connectivity index (χ4v) is 2.04. The zero-order valence-electron chi connectivity index (χ0n) is 10.1. The predicted molar refractivity (Wildman–Crippen MR) is 64.0 cm³/mol. The number of ether oxygens (including phenoxy) is 1. The van der Waals surface area contributed by atoms with Crippen LogP contribution in [0.5, 0.6) is 0 Å². The van der Waals surface area contributed by atoms with E-state index < -0.39 is 0 Å². The molecule has 1 aromatic carbocycles. The van der Waals surface area contributed by atoms with Crippen LogP contribution in [0.4, 0.5) is 10.1 Å². The molecule has 1 aliphatic heterocycles. The van der Waals surface area contributed by atoms with Gasteiger partial charge in [0.2, 0.25) is 0 Å². The Labute approximate surface area is 100 Å². The summed E-state index contributed by atoms with van der Waals surface area (Å²) in [4.78, 5) is 13.0. The van der Waals surface area contributed by atoms with Crippen LogP contribution in [0.3, 0.4) is 0 Å². The zero-order valence-corrected chi connectivity index (χ0v) is 10.1. The molecule has 1 aromatic rings. The van der Waals surface area contributed by atoms with Crippen LogP contribution in [0.2, 0.25) is 0 Å². The lowest BCUT2D eigenvalue weighted by Crippen LogP contribution is -2.32. The van der Waals surface area contributed by atoms with Gasteiger partial charge in [-0.05, 0) is 31.5 Å². The van der Waals surface area contributed by atoms with Crippen molar-refractivity contribution in [3.05, 3.63) is 29.6 Å². The molecule has 0 saturated carbocycles. The molecular weight excluding hydrogens is 221 g/mol. The zero-order chi connectivity index (χ0) is 12.4. The maximum atomic E-state index is 13.9. The maximum absolute atomic E-state index is 13.9. The van der Waals surface area contributed by atoms with Crippen LogP contribution in [0.15, 0.2) is 18.2 Å². The summed E-state index contributed by atoms with van der Waals surface area (Å²) in [5.74, 6) is -0.477. The first-order valence-corrected chi connectivity index (χ1v) is 5.70. The van der Waals surface area contributed by atoms with Crippen molar-refractivity contribution in [3.63, 3.8) is 0 Å². The lowest BCUT2D eigenvalue weighted by Gasteiger charge is -2.25. The Kier molecular flexibility index (Phi) is 3.43. The second-order valence-corrected chi connectivity index (χ2v) is 4.35. The van der Waals surface area contributed by atoms with Gasteiger partial charge in [0, 0.05) is 19.2 Å². The van der Waals surface area contributed by atoms with E-state index in [-0.39, 0.29) is 17.6 Å². The molecule has 0 spiro atoms. The van der Waals surface area contributed by atoms with Gasteiger partial charge in [-0.1, -0.05) is 0 Å². The molecule has 1 fully saturated rings. The van der Waals surface area contributed by atoms with Gasteiger partial charge in [0.1, 0.15) is 5.82 Å². The number of likely N-dealkylation sites (N-methyl/N-ethyl adjacent to an activating group) is 1. The predicted octanol–water partition coefficient (Wildman–Crippen LogP) is 2.25. The standard InChI is InChI=1S/C13H16FNO2/c1-9(16)10-3-4-13(12(14)7-10)15(2)11-5-6-17-8-11/h3-4,7,11H,5-6,8H2,1-2H3. The van der Waals surface area contributed by atoms with Gasteiger partial charge in [0.25, 0.3) is 0 Å². The summed E-state index contributed by atoms with van der Waals surface area (Å²) < 4.78 is 19.2. The number of ketones is 1. The molecule has 4 heteroatoms. The van der Waals surface area contributed by atoms with E-state index in [1.54, 1.807) is 12.1 Å². The van der Waals surface area contributed by atoms with Crippen LogP contribution in [0, 0.1) is 5.82 Å². The minimum Gasteiger partial charge on any atom is -0.379 e. The van der Waals surface area contributed by atoms with E-state index in [0.717, 1.165) is 13.0 Å². The third-order valence-corrected chi connectivity index (χ3v) is 3.19. The Hall–Kier alpha value is -1.42. The molecule has 0 aromatic heterocycles. The van der Waals surface area contributed by atoms with Crippen LogP contribution >= 0.6 is 0 Å². The molecule has 1 saturated heterocycles. The van der Waals surface area contributed by atoms with Gasteiger partial charge in [-0.3, -0.25) is 4.79 Å². The molecule has 17 heavy (non-hydrogen) atoms. The molecule has 2 rings (SSSR count). The fraction of sp³-hybridized carbons (Fsp3) is 0.462.